The molecule has 0 spiro atoms. The third-order valence-corrected chi connectivity index (χ3v) is 3.90. The molecule has 0 saturated carbocycles. The van der Waals surface area contributed by atoms with Crippen molar-refractivity contribution in [2.45, 2.75) is 33.7 Å². The van der Waals surface area contributed by atoms with E-state index in [0.717, 1.165) is 20.2 Å². The molecular formula is C13H20N2O4S. The largest absolute Gasteiger partial charge is 0.449 e. The summed E-state index contributed by atoms with van der Waals surface area (Å²) in [4.78, 5) is 26.3. The van der Waals surface area contributed by atoms with Crippen LogP contribution in [0, 0.1) is 13.8 Å². The van der Waals surface area contributed by atoms with Gasteiger partial charge in [-0.1, -0.05) is 0 Å². The van der Waals surface area contributed by atoms with Crippen molar-refractivity contribution in [3.05, 3.63) is 21.4 Å². The SMILES string of the molecule is CCOC(=O)N(C)C(=O)N(O)C(C)c1cc(C)sc1C. The Morgan fingerprint density at radius 3 is 2.50 bits per heavy atom. The molecule has 3 amide bonds. The Kier molecular flexibility index (Phi) is 5.52. The summed E-state index contributed by atoms with van der Waals surface area (Å²) in [6.45, 7) is 7.40. The molecule has 1 unspecified atom stereocenters. The van der Waals surface area contributed by atoms with Crippen molar-refractivity contribution >= 4 is 23.5 Å². The average molecular weight is 300 g/mol. The fraction of sp³-hybridized carbons (Fsp3) is 0.538. The molecule has 0 saturated heterocycles. The van der Waals surface area contributed by atoms with Crippen molar-refractivity contribution in [2.75, 3.05) is 13.7 Å². The molecule has 0 aromatic carbocycles. The molecule has 20 heavy (non-hydrogen) atoms. The fourth-order valence-electron chi connectivity index (χ4n) is 1.81. The first-order valence-electron chi connectivity index (χ1n) is 6.29. The van der Waals surface area contributed by atoms with E-state index in [-0.39, 0.29) is 6.61 Å². The van der Waals surface area contributed by atoms with Crippen LogP contribution in [-0.2, 0) is 4.74 Å². The summed E-state index contributed by atoms with van der Waals surface area (Å²) in [5, 5.41) is 10.5. The van der Waals surface area contributed by atoms with Crippen molar-refractivity contribution in [3.63, 3.8) is 0 Å². The first-order chi connectivity index (χ1) is 9.29. The van der Waals surface area contributed by atoms with Crippen LogP contribution in [0.2, 0.25) is 0 Å². The zero-order valence-corrected chi connectivity index (χ0v) is 13.2. The number of rotatable bonds is 3. The monoisotopic (exact) mass is 300 g/mol. The van der Waals surface area contributed by atoms with Gasteiger partial charge in [0.25, 0.3) is 0 Å². The smallest absolute Gasteiger partial charge is 0.417 e. The van der Waals surface area contributed by atoms with Crippen molar-refractivity contribution < 1.29 is 19.5 Å². The summed E-state index contributed by atoms with van der Waals surface area (Å²) in [7, 11) is 1.27. The van der Waals surface area contributed by atoms with E-state index in [9.17, 15) is 14.8 Å². The highest BCUT2D eigenvalue weighted by Crippen LogP contribution is 2.29. The zero-order valence-electron chi connectivity index (χ0n) is 12.3. The summed E-state index contributed by atoms with van der Waals surface area (Å²) in [5.41, 5.74) is 0.862. The second kappa shape index (κ2) is 6.71. The molecule has 0 aliphatic carbocycles. The van der Waals surface area contributed by atoms with Gasteiger partial charge in [-0.05, 0) is 39.3 Å². The zero-order chi connectivity index (χ0) is 15.4. The van der Waals surface area contributed by atoms with Gasteiger partial charge in [-0.25, -0.2) is 14.5 Å². The van der Waals surface area contributed by atoms with Crippen LogP contribution in [0.25, 0.3) is 0 Å². The van der Waals surface area contributed by atoms with E-state index in [1.807, 2.05) is 19.9 Å². The molecule has 1 rings (SSSR count). The highest BCUT2D eigenvalue weighted by atomic mass is 32.1. The molecule has 6 nitrogen and oxygen atoms in total. The fourth-order valence-corrected chi connectivity index (χ4v) is 2.83. The van der Waals surface area contributed by atoms with E-state index in [1.165, 1.54) is 7.05 Å². The minimum atomic E-state index is -0.820. The average Bonchev–Trinajstić information content (AvgIpc) is 2.74. The summed E-state index contributed by atoms with van der Waals surface area (Å²) in [5.74, 6) is 0. The highest BCUT2D eigenvalue weighted by Gasteiger charge is 2.28. The van der Waals surface area contributed by atoms with Crippen LogP contribution in [0.3, 0.4) is 0 Å². The minimum absolute atomic E-state index is 0.167. The maximum atomic E-state index is 12.0. The van der Waals surface area contributed by atoms with Crippen LogP contribution in [0.4, 0.5) is 9.59 Å². The molecule has 1 aromatic heterocycles. The lowest BCUT2D eigenvalue weighted by Crippen LogP contribution is -2.43. The van der Waals surface area contributed by atoms with Gasteiger partial charge in [-0.15, -0.1) is 11.3 Å². The maximum absolute atomic E-state index is 12.0. The number of amides is 3. The van der Waals surface area contributed by atoms with Crippen LogP contribution in [0.1, 0.15) is 35.2 Å². The molecule has 0 aliphatic heterocycles. The molecule has 0 fully saturated rings. The van der Waals surface area contributed by atoms with Crippen molar-refractivity contribution in [1.82, 2.24) is 9.96 Å². The molecule has 1 aromatic rings. The number of imide groups is 1. The lowest BCUT2D eigenvalue weighted by Gasteiger charge is -2.26. The quantitative estimate of drug-likeness (QED) is 0.686. The number of aryl methyl sites for hydroxylation is 2. The summed E-state index contributed by atoms with van der Waals surface area (Å²) in [6.07, 6.45) is -0.790. The van der Waals surface area contributed by atoms with Gasteiger partial charge in [0.2, 0.25) is 0 Å². The Balaban J connectivity index is 2.83. The van der Waals surface area contributed by atoms with E-state index in [0.29, 0.717) is 5.06 Å². The number of ether oxygens (including phenoxy) is 1. The van der Waals surface area contributed by atoms with Crippen molar-refractivity contribution in [1.29, 1.82) is 0 Å². The third kappa shape index (κ3) is 3.49. The summed E-state index contributed by atoms with van der Waals surface area (Å²) < 4.78 is 4.72. The molecule has 7 heteroatoms. The molecule has 0 bridgehead atoms. The van der Waals surface area contributed by atoms with E-state index in [2.05, 4.69) is 0 Å². The lowest BCUT2D eigenvalue weighted by molar-refractivity contribution is -0.0833. The molecule has 1 heterocycles. The van der Waals surface area contributed by atoms with Gasteiger partial charge in [0.1, 0.15) is 0 Å². The van der Waals surface area contributed by atoms with Crippen molar-refractivity contribution in [2.24, 2.45) is 0 Å². The number of hydrogen-bond donors (Lipinski definition) is 1. The highest BCUT2D eigenvalue weighted by molar-refractivity contribution is 7.12. The first-order valence-corrected chi connectivity index (χ1v) is 7.10. The van der Waals surface area contributed by atoms with E-state index >= 15 is 0 Å². The molecule has 0 radical (unpaired) electrons. The van der Waals surface area contributed by atoms with Crippen molar-refractivity contribution in [3.8, 4) is 0 Å². The van der Waals surface area contributed by atoms with Crippen LogP contribution >= 0.6 is 11.3 Å². The normalized spacial score (nSPS) is 11.9. The van der Waals surface area contributed by atoms with Gasteiger partial charge in [0, 0.05) is 16.8 Å². The Hall–Kier alpha value is -1.60. The van der Waals surface area contributed by atoms with Crippen LogP contribution in [-0.4, -0.2) is 40.9 Å². The van der Waals surface area contributed by atoms with E-state index in [1.54, 1.807) is 25.2 Å². The van der Waals surface area contributed by atoms with Crippen LogP contribution in [0.5, 0.6) is 0 Å². The second-order valence-electron chi connectivity index (χ2n) is 4.43. The van der Waals surface area contributed by atoms with Crippen LogP contribution < -0.4 is 0 Å². The van der Waals surface area contributed by atoms with Gasteiger partial charge in [0.15, 0.2) is 0 Å². The van der Waals surface area contributed by atoms with Crippen LogP contribution in [0.15, 0.2) is 6.07 Å². The number of carbonyl (C=O) groups is 2. The Labute approximate surface area is 122 Å². The Morgan fingerprint density at radius 2 is 2.05 bits per heavy atom. The van der Waals surface area contributed by atoms with Gasteiger partial charge in [-0.2, -0.15) is 5.06 Å². The summed E-state index contributed by atoms with van der Waals surface area (Å²) in [6, 6.07) is 0.564. The molecule has 112 valence electrons. The number of thiophene rings is 1. The van der Waals surface area contributed by atoms with Gasteiger partial charge >= 0.3 is 12.1 Å². The predicted molar refractivity (Wildman–Crippen MR) is 76.0 cm³/mol. The maximum Gasteiger partial charge on any atom is 0.417 e. The lowest BCUT2D eigenvalue weighted by atomic mass is 10.1. The predicted octanol–water partition coefficient (Wildman–Crippen LogP) is 3.33. The molecular weight excluding hydrogens is 280 g/mol. The van der Waals surface area contributed by atoms with Gasteiger partial charge in [-0.3, -0.25) is 5.21 Å². The number of carbonyl (C=O) groups excluding carboxylic acids is 2. The topological polar surface area (TPSA) is 70.1 Å². The number of hydrogen-bond acceptors (Lipinski definition) is 5. The minimum Gasteiger partial charge on any atom is -0.449 e. The molecule has 0 aliphatic rings. The summed E-state index contributed by atoms with van der Waals surface area (Å²) >= 11 is 1.60. The van der Waals surface area contributed by atoms with E-state index in [4.69, 9.17) is 4.74 Å². The third-order valence-electron chi connectivity index (χ3n) is 2.92. The first kappa shape index (κ1) is 16.5. The van der Waals surface area contributed by atoms with Gasteiger partial charge in [0.05, 0.1) is 12.6 Å². The Morgan fingerprint density at radius 1 is 1.45 bits per heavy atom. The van der Waals surface area contributed by atoms with E-state index < -0.39 is 18.2 Å². The number of nitrogens with zero attached hydrogens (tertiary/aromatic N) is 2. The van der Waals surface area contributed by atoms with Gasteiger partial charge < -0.3 is 4.74 Å². The standard InChI is InChI=1S/C13H20N2O4S/c1-6-19-13(17)14(5)12(16)15(18)9(3)11-7-8(2)20-10(11)4/h7,9,18H,6H2,1-5H3. The molecule has 1 N–H and O–H groups in total. The number of hydroxylamine groups is 2. The Bertz CT molecular complexity index is 501. The molecule has 1 atom stereocenters. The number of urea groups is 1. The second-order valence-corrected chi connectivity index (χ2v) is 5.89.